The van der Waals surface area contributed by atoms with Crippen LogP contribution in [0.2, 0.25) is 0 Å². The average Bonchev–Trinajstić information content (AvgIpc) is 3.23. The molecule has 2 heterocycles. The van der Waals surface area contributed by atoms with Gasteiger partial charge in [0.1, 0.15) is 5.69 Å². The molecule has 128 valence electrons. The van der Waals surface area contributed by atoms with Gasteiger partial charge >= 0.3 is 0 Å². The topological polar surface area (TPSA) is 41.4 Å². The molecule has 1 aliphatic carbocycles. The van der Waals surface area contributed by atoms with Crippen LogP contribution in [0.3, 0.4) is 0 Å². The maximum atomic E-state index is 12.9. The van der Waals surface area contributed by atoms with Crippen molar-refractivity contribution in [2.24, 2.45) is 13.0 Å². The van der Waals surface area contributed by atoms with Crippen molar-refractivity contribution < 1.29 is 4.79 Å². The summed E-state index contributed by atoms with van der Waals surface area (Å²) in [5.74, 6) is 1.05. The zero-order valence-corrected chi connectivity index (χ0v) is 15.0. The highest BCUT2D eigenvalue weighted by Crippen LogP contribution is 2.30. The normalized spacial score (nSPS) is 20.6. The summed E-state index contributed by atoms with van der Waals surface area (Å²) < 4.78 is 1.75. The van der Waals surface area contributed by atoms with Crippen LogP contribution in [-0.2, 0) is 12.5 Å². The van der Waals surface area contributed by atoms with Gasteiger partial charge in [0.2, 0.25) is 0 Å². The van der Waals surface area contributed by atoms with Gasteiger partial charge in [0.05, 0.1) is 5.69 Å². The van der Waals surface area contributed by atoms with E-state index in [1.54, 1.807) is 4.68 Å². The van der Waals surface area contributed by atoms with Crippen molar-refractivity contribution in [1.82, 2.24) is 19.6 Å². The summed E-state index contributed by atoms with van der Waals surface area (Å²) in [7, 11) is 1.87. The fourth-order valence-corrected chi connectivity index (χ4v) is 3.22. The molecule has 1 aromatic rings. The van der Waals surface area contributed by atoms with Crippen LogP contribution in [0.1, 0.15) is 56.2 Å². The highest BCUT2D eigenvalue weighted by atomic mass is 16.2. The molecule has 2 fully saturated rings. The third-order valence-corrected chi connectivity index (χ3v) is 4.96. The Bertz CT molecular complexity index is 568. The third-order valence-electron chi connectivity index (χ3n) is 4.96. The van der Waals surface area contributed by atoms with E-state index in [4.69, 9.17) is 0 Å². The fraction of sp³-hybridized carbons (Fsp3) is 0.778. The minimum absolute atomic E-state index is 0.0316. The summed E-state index contributed by atoms with van der Waals surface area (Å²) in [6.07, 6.45) is 3.86. The van der Waals surface area contributed by atoms with Gasteiger partial charge < -0.3 is 9.80 Å². The van der Waals surface area contributed by atoms with Crippen LogP contribution in [0.4, 0.5) is 0 Å². The third kappa shape index (κ3) is 3.94. The van der Waals surface area contributed by atoms with Gasteiger partial charge in [-0.3, -0.25) is 9.48 Å². The number of hydrogen-bond acceptors (Lipinski definition) is 3. The Morgan fingerprint density at radius 1 is 1.22 bits per heavy atom. The summed E-state index contributed by atoms with van der Waals surface area (Å²) in [6, 6.07) is 1.97. The van der Waals surface area contributed by atoms with Gasteiger partial charge in [0, 0.05) is 38.6 Å². The molecule has 1 amide bonds. The second-order valence-electron chi connectivity index (χ2n) is 8.18. The molecule has 0 atom stereocenters. The van der Waals surface area contributed by atoms with Crippen LogP contribution in [0, 0.1) is 5.92 Å². The van der Waals surface area contributed by atoms with Gasteiger partial charge in [-0.1, -0.05) is 20.8 Å². The van der Waals surface area contributed by atoms with Crippen LogP contribution in [0.15, 0.2) is 6.07 Å². The molecule has 1 aliphatic heterocycles. The first-order valence-corrected chi connectivity index (χ1v) is 8.91. The first-order chi connectivity index (χ1) is 10.8. The number of hydrogen-bond donors (Lipinski definition) is 0. The van der Waals surface area contributed by atoms with Crippen molar-refractivity contribution >= 4 is 5.91 Å². The second kappa shape index (κ2) is 6.27. The van der Waals surface area contributed by atoms with Crippen LogP contribution >= 0.6 is 0 Å². The molecule has 1 saturated heterocycles. The van der Waals surface area contributed by atoms with Gasteiger partial charge in [-0.05, 0) is 37.8 Å². The lowest BCUT2D eigenvalue weighted by molar-refractivity contribution is 0.0750. The van der Waals surface area contributed by atoms with E-state index in [0.29, 0.717) is 5.69 Å². The summed E-state index contributed by atoms with van der Waals surface area (Å²) in [5.41, 5.74) is 1.66. The zero-order chi connectivity index (χ0) is 16.6. The molecule has 0 N–H and O–H groups in total. The molecule has 0 spiro atoms. The molecule has 5 nitrogen and oxygen atoms in total. The van der Waals surface area contributed by atoms with E-state index in [0.717, 1.165) is 44.2 Å². The Morgan fingerprint density at radius 3 is 2.57 bits per heavy atom. The molecular formula is C18H30N4O. The quantitative estimate of drug-likeness (QED) is 0.858. The molecule has 2 aliphatic rings. The number of aromatic nitrogens is 2. The summed E-state index contributed by atoms with van der Waals surface area (Å²) >= 11 is 0. The van der Waals surface area contributed by atoms with E-state index in [-0.39, 0.29) is 11.3 Å². The van der Waals surface area contributed by atoms with E-state index in [1.165, 1.54) is 19.4 Å². The molecule has 0 aromatic carbocycles. The van der Waals surface area contributed by atoms with Crippen molar-refractivity contribution in [3.05, 3.63) is 17.5 Å². The zero-order valence-electron chi connectivity index (χ0n) is 15.0. The molecule has 1 saturated carbocycles. The second-order valence-corrected chi connectivity index (χ2v) is 8.18. The summed E-state index contributed by atoms with van der Waals surface area (Å²) in [5, 5.41) is 4.54. The Kier molecular flexibility index (Phi) is 4.50. The van der Waals surface area contributed by atoms with E-state index in [2.05, 4.69) is 30.8 Å². The first-order valence-electron chi connectivity index (χ1n) is 8.91. The van der Waals surface area contributed by atoms with E-state index in [9.17, 15) is 4.79 Å². The van der Waals surface area contributed by atoms with Crippen molar-refractivity contribution in [1.29, 1.82) is 0 Å². The maximum Gasteiger partial charge on any atom is 0.272 e. The number of aryl methyl sites for hydroxylation is 1. The van der Waals surface area contributed by atoms with Crippen molar-refractivity contribution in [3.63, 3.8) is 0 Å². The predicted molar refractivity (Wildman–Crippen MR) is 91.6 cm³/mol. The number of carbonyl (C=O) groups excluding carboxylic acids is 1. The van der Waals surface area contributed by atoms with Gasteiger partial charge in [0.15, 0.2) is 0 Å². The number of nitrogens with zero attached hydrogens (tertiary/aromatic N) is 4. The van der Waals surface area contributed by atoms with Crippen molar-refractivity contribution in [3.8, 4) is 0 Å². The van der Waals surface area contributed by atoms with E-state index < -0.39 is 0 Å². The molecule has 0 bridgehead atoms. The molecular weight excluding hydrogens is 288 g/mol. The number of rotatable bonds is 3. The molecule has 23 heavy (non-hydrogen) atoms. The first kappa shape index (κ1) is 16.5. The number of amides is 1. The van der Waals surface area contributed by atoms with Gasteiger partial charge in [-0.15, -0.1) is 0 Å². The van der Waals surface area contributed by atoms with Crippen LogP contribution in [-0.4, -0.2) is 58.2 Å². The monoisotopic (exact) mass is 318 g/mol. The highest BCUT2D eigenvalue weighted by molar-refractivity contribution is 5.92. The standard InChI is InChI=1S/C18H30N4O/c1-18(2,3)16-12-15(20(4)19-16)17(23)22-9-5-8-21(10-11-22)13-14-6-7-14/h12,14H,5-11,13H2,1-4H3. The smallest absolute Gasteiger partial charge is 0.272 e. The van der Waals surface area contributed by atoms with Crippen LogP contribution < -0.4 is 0 Å². The predicted octanol–water partition coefficient (Wildman–Crippen LogP) is 2.28. The SMILES string of the molecule is Cn1nc(C(C)(C)C)cc1C(=O)N1CCCN(CC2CC2)CC1. The molecule has 0 radical (unpaired) electrons. The maximum absolute atomic E-state index is 12.9. The number of carbonyl (C=O) groups is 1. The Balaban J connectivity index is 1.66. The molecule has 0 unspecified atom stereocenters. The average molecular weight is 318 g/mol. The Morgan fingerprint density at radius 2 is 1.96 bits per heavy atom. The fourth-order valence-electron chi connectivity index (χ4n) is 3.22. The minimum atomic E-state index is -0.0316. The summed E-state index contributed by atoms with van der Waals surface area (Å²) in [6.45, 7) is 11.4. The van der Waals surface area contributed by atoms with Crippen molar-refractivity contribution in [2.75, 3.05) is 32.7 Å². The Hall–Kier alpha value is -1.36. The van der Waals surface area contributed by atoms with Crippen LogP contribution in [0.25, 0.3) is 0 Å². The van der Waals surface area contributed by atoms with Gasteiger partial charge in [0.25, 0.3) is 5.91 Å². The lowest BCUT2D eigenvalue weighted by Gasteiger charge is -2.21. The van der Waals surface area contributed by atoms with Gasteiger partial charge in [-0.2, -0.15) is 5.10 Å². The minimum Gasteiger partial charge on any atom is -0.336 e. The highest BCUT2D eigenvalue weighted by Gasteiger charge is 2.28. The molecule has 5 heteroatoms. The van der Waals surface area contributed by atoms with E-state index in [1.807, 2.05) is 18.0 Å². The van der Waals surface area contributed by atoms with Gasteiger partial charge in [-0.25, -0.2) is 0 Å². The lowest BCUT2D eigenvalue weighted by Crippen LogP contribution is -2.36. The van der Waals surface area contributed by atoms with E-state index >= 15 is 0 Å². The lowest BCUT2D eigenvalue weighted by atomic mass is 9.92. The van der Waals surface area contributed by atoms with Crippen LogP contribution in [0.5, 0.6) is 0 Å². The summed E-state index contributed by atoms with van der Waals surface area (Å²) in [4.78, 5) is 17.4. The Labute approximate surface area is 139 Å². The largest absolute Gasteiger partial charge is 0.336 e. The molecule has 1 aromatic heterocycles. The molecule has 3 rings (SSSR count). The van der Waals surface area contributed by atoms with Crippen molar-refractivity contribution in [2.45, 2.75) is 45.4 Å².